The molecule has 1 aliphatic heterocycles. The molecule has 0 bridgehead atoms. The van der Waals surface area contributed by atoms with Crippen molar-refractivity contribution in [1.82, 2.24) is 5.32 Å². The van der Waals surface area contributed by atoms with Crippen LogP contribution < -0.4 is 5.32 Å². The molecule has 2 aromatic carbocycles. The minimum Gasteiger partial charge on any atom is -0.353 e. The van der Waals surface area contributed by atoms with Gasteiger partial charge in [-0.1, -0.05) is 67.1 Å². The molecule has 3 atom stereocenters. The molecule has 28 heavy (non-hydrogen) atoms. The second kappa shape index (κ2) is 8.88. The van der Waals surface area contributed by atoms with Crippen LogP contribution in [0.25, 0.3) is 0 Å². The maximum atomic E-state index is 12.3. The summed E-state index contributed by atoms with van der Waals surface area (Å²) in [6.45, 7) is 4.16. The molecule has 5 nitrogen and oxygen atoms in total. The van der Waals surface area contributed by atoms with Crippen LogP contribution in [0.2, 0.25) is 0 Å². The summed E-state index contributed by atoms with van der Waals surface area (Å²) in [7, 11) is -3.69. The molecule has 0 radical (unpaired) electrons. The van der Waals surface area contributed by atoms with Gasteiger partial charge in [0, 0.05) is 18.4 Å². The Hall–Kier alpha value is -2.18. The Morgan fingerprint density at radius 1 is 1.07 bits per heavy atom. The standard InChI is InChI=1S/C22H27NO4S/c1-16-8-10-18(11-9-16)12-17(2)22-20(13-21(24)23-22)14-27-28(25,26)15-19-6-4-3-5-7-19/h3-11,17,20,22H,12-15H2,1-2H3,(H,23,24)/t17?,20-,22?/m0/s1. The van der Waals surface area contributed by atoms with E-state index < -0.39 is 10.1 Å². The summed E-state index contributed by atoms with van der Waals surface area (Å²) in [6.07, 6.45) is 1.11. The fourth-order valence-corrected chi connectivity index (χ4v) is 4.80. The van der Waals surface area contributed by atoms with Crippen molar-refractivity contribution in [3.63, 3.8) is 0 Å². The van der Waals surface area contributed by atoms with E-state index >= 15 is 0 Å². The summed E-state index contributed by atoms with van der Waals surface area (Å²) in [6, 6.07) is 17.2. The molecular formula is C22H27NO4S. The third-order valence-corrected chi connectivity index (χ3v) is 6.40. The Labute approximate surface area is 167 Å². The van der Waals surface area contributed by atoms with Crippen molar-refractivity contribution < 1.29 is 17.4 Å². The average Bonchev–Trinajstić information content (AvgIpc) is 3.03. The van der Waals surface area contributed by atoms with Crippen LogP contribution in [-0.2, 0) is 31.3 Å². The molecule has 1 N–H and O–H groups in total. The number of benzene rings is 2. The lowest BCUT2D eigenvalue weighted by molar-refractivity contribution is -0.119. The van der Waals surface area contributed by atoms with Crippen LogP contribution in [0, 0.1) is 18.8 Å². The van der Waals surface area contributed by atoms with Gasteiger partial charge < -0.3 is 5.32 Å². The van der Waals surface area contributed by atoms with Crippen LogP contribution in [0.3, 0.4) is 0 Å². The summed E-state index contributed by atoms with van der Waals surface area (Å²) in [5.74, 6) is -0.182. The summed E-state index contributed by atoms with van der Waals surface area (Å²) in [4.78, 5) is 12.0. The topological polar surface area (TPSA) is 72.5 Å². The predicted octanol–water partition coefficient (Wildman–Crippen LogP) is 3.22. The minimum absolute atomic E-state index is 0.0246. The summed E-state index contributed by atoms with van der Waals surface area (Å²) in [5, 5.41) is 3.01. The van der Waals surface area contributed by atoms with E-state index in [1.54, 1.807) is 24.3 Å². The summed E-state index contributed by atoms with van der Waals surface area (Å²) < 4.78 is 29.9. The van der Waals surface area contributed by atoms with Gasteiger partial charge in [0.15, 0.2) is 0 Å². The molecule has 2 aromatic rings. The molecule has 6 heteroatoms. The molecule has 150 valence electrons. The Morgan fingerprint density at radius 3 is 2.43 bits per heavy atom. The molecule has 1 aliphatic rings. The van der Waals surface area contributed by atoms with Crippen LogP contribution in [0.4, 0.5) is 0 Å². The van der Waals surface area contributed by atoms with Crippen LogP contribution >= 0.6 is 0 Å². The van der Waals surface area contributed by atoms with E-state index in [0.717, 1.165) is 6.42 Å². The number of carbonyl (C=O) groups excluding carboxylic acids is 1. The molecule has 0 aromatic heterocycles. The van der Waals surface area contributed by atoms with Crippen LogP contribution in [0.1, 0.15) is 30.0 Å². The maximum absolute atomic E-state index is 12.3. The normalized spacial score (nSPS) is 20.7. The number of rotatable bonds is 8. The number of aryl methyl sites for hydroxylation is 1. The maximum Gasteiger partial charge on any atom is 0.271 e. The number of carbonyl (C=O) groups is 1. The van der Waals surface area contributed by atoms with Gasteiger partial charge in [0.25, 0.3) is 10.1 Å². The van der Waals surface area contributed by atoms with E-state index in [0.29, 0.717) is 12.0 Å². The third kappa shape index (κ3) is 5.66. The van der Waals surface area contributed by atoms with Gasteiger partial charge in [-0.05, 0) is 30.4 Å². The van der Waals surface area contributed by atoms with E-state index in [4.69, 9.17) is 4.18 Å². The molecule has 0 saturated carbocycles. The second-order valence-electron chi connectivity index (χ2n) is 7.70. The van der Waals surface area contributed by atoms with Gasteiger partial charge >= 0.3 is 0 Å². The molecule has 1 fully saturated rings. The molecular weight excluding hydrogens is 374 g/mol. The van der Waals surface area contributed by atoms with Crippen LogP contribution in [0.5, 0.6) is 0 Å². The van der Waals surface area contributed by atoms with Gasteiger partial charge in [0.05, 0.1) is 6.61 Å². The quantitative estimate of drug-likeness (QED) is 0.690. The van der Waals surface area contributed by atoms with Gasteiger partial charge in [-0.2, -0.15) is 8.42 Å². The number of nitrogens with one attached hydrogen (secondary N) is 1. The molecule has 2 unspecified atom stereocenters. The molecule has 1 amide bonds. The number of amides is 1. The zero-order chi connectivity index (χ0) is 20.1. The SMILES string of the molecule is Cc1ccc(CC(C)C2NC(=O)C[C@H]2COS(=O)(=O)Cc2ccccc2)cc1. The van der Waals surface area contributed by atoms with Crippen molar-refractivity contribution in [2.75, 3.05) is 6.61 Å². The summed E-state index contributed by atoms with van der Waals surface area (Å²) >= 11 is 0. The van der Waals surface area contributed by atoms with Crippen molar-refractivity contribution in [2.24, 2.45) is 11.8 Å². The van der Waals surface area contributed by atoms with Crippen molar-refractivity contribution in [3.05, 3.63) is 71.3 Å². The molecule has 1 heterocycles. The van der Waals surface area contributed by atoms with Crippen LogP contribution in [-0.4, -0.2) is 27.0 Å². The molecule has 1 saturated heterocycles. The number of hydrogen-bond acceptors (Lipinski definition) is 4. The van der Waals surface area contributed by atoms with E-state index in [-0.39, 0.29) is 36.1 Å². The lowest BCUT2D eigenvalue weighted by Gasteiger charge is -2.25. The first-order valence-electron chi connectivity index (χ1n) is 9.58. The molecule has 0 aliphatic carbocycles. The zero-order valence-electron chi connectivity index (χ0n) is 16.3. The largest absolute Gasteiger partial charge is 0.353 e. The zero-order valence-corrected chi connectivity index (χ0v) is 17.1. The summed E-state index contributed by atoms with van der Waals surface area (Å²) in [5.41, 5.74) is 3.10. The Kier molecular flexibility index (Phi) is 6.52. The van der Waals surface area contributed by atoms with Gasteiger partial charge in [0.1, 0.15) is 5.75 Å². The van der Waals surface area contributed by atoms with Crippen molar-refractivity contribution in [2.45, 2.75) is 38.5 Å². The van der Waals surface area contributed by atoms with Crippen LogP contribution in [0.15, 0.2) is 54.6 Å². The Morgan fingerprint density at radius 2 is 1.75 bits per heavy atom. The highest BCUT2D eigenvalue weighted by atomic mass is 32.2. The second-order valence-corrected chi connectivity index (χ2v) is 9.34. The first kappa shape index (κ1) is 20.6. The average molecular weight is 402 g/mol. The van der Waals surface area contributed by atoms with Gasteiger partial charge in [-0.25, -0.2) is 0 Å². The van der Waals surface area contributed by atoms with Crippen molar-refractivity contribution >= 4 is 16.0 Å². The smallest absolute Gasteiger partial charge is 0.271 e. The Bertz CT molecular complexity index is 894. The third-order valence-electron chi connectivity index (χ3n) is 5.22. The fourth-order valence-electron chi connectivity index (χ4n) is 3.73. The van der Waals surface area contributed by atoms with E-state index in [1.165, 1.54) is 11.1 Å². The van der Waals surface area contributed by atoms with Crippen molar-refractivity contribution in [1.29, 1.82) is 0 Å². The van der Waals surface area contributed by atoms with Gasteiger partial charge in [-0.15, -0.1) is 0 Å². The first-order chi connectivity index (χ1) is 13.3. The minimum atomic E-state index is -3.69. The monoisotopic (exact) mass is 401 g/mol. The lowest BCUT2D eigenvalue weighted by Crippen LogP contribution is -2.38. The molecule has 0 spiro atoms. The van der Waals surface area contributed by atoms with E-state index in [2.05, 4.69) is 36.5 Å². The Balaban J connectivity index is 1.60. The fraction of sp³-hybridized carbons (Fsp3) is 0.409. The van der Waals surface area contributed by atoms with Gasteiger partial charge in [0.2, 0.25) is 5.91 Å². The first-order valence-corrected chi connectivity index (χ1v) is 11.2. The van der Waals surface area contributed by atoms with Gasteiger partial charge in [-0.3, -0.25) is 8.98 Å². The predicted molar refractivity (Wildman–Crippen MR) is 109 cm³/mol. The van der Waals surface area contributed by atoms with E-state index in [9.17, 15) is 13.2 Å². The highest BCUT2D eigenvalue weighted by molar-refractivity contribution is 7.85. The van der Waals surface area contributed by atoms with Crippen molar-refractivity contribution in [3.8, 4) is 0 Å². The highest BCUT2D eigenvalue weighted by Gasteiger charge is 2.36. The number of hydrogen-bond donors (Lipinski definition) is 1. The van der Waals surface area contributed by atoms with E-state index in [1.807, 2.05) is 13.0 Å². The molecule has 3 rings (SSSR count). The highest BCUT2D eigenvalue weighted by Crippen LogP contribution is 2.26. The lowest BCUT2D eigenvalue weighted by atomic mass is 9.87.